The fourth-order valence-corrected chi connectivity index (χ4v) is 2.76. The van der Waals surface area contributed by atoms with Gasteiger partial charge in [-0.15, -0.1) is 11.6 Å². The zero-order chi connectivity index (χ0) is 13.8. The maximum absolute atomic E-state index is 13.6. The molecule has 0 aliphatic rings. The third-order valence-electron chi connectivity index (χ3n) is 2.36. The Morgan fingerprint density at radius 3 is 2.67 bits per heavy atom. The van der Waals surface area contributed by atoms with E-state index in [0.717, 1.165) is 0 Å². The van der Waals surface area contributed by atoms with Gasteiger partial charge in [-0.1, -0.05) is 0 Å². The number of sulfonamides is 1. The van der Waals surface area contributed by atoms with E-state index in [1.54, 1.807) is 0 Å². The maximum atomic E-state index is 13.6. The molecule has 0 atom stereocenters. The molecular weight excluding hydrogens is 281 g/mol. The minimum absolute atomic E-state index is 0.00755. The minimum Gasteiger partial charge on any atom is -0.383 e. The molecule has 0 fully saturated rings. The number of hydrogen-bond donors (Lipinski definition) is 1. The SMILES string of the molecule is COCCNS(=O)(=O)c1cc(C)c(F)c(CCl)c1. The molecule has 0 aromatic heterocycles. The predicted molar refractivity (Wildman–Crippen MR) is 67.8 cm³/mol. The molecule has 0 aliphatic carbocycles. The van der Waals surface area contributed by atoms with Gasteiger partial charge in [-0.05, 0) is 24.6 Å². The van der Waals surface area contributed by atoms with E-state index in [1.807, 2.05) is 0 Å². The van der Waals surface area contributed by atoms with Gasteiger partial charge in [0.2, 0.25) is 10.0 Å². The van der Waals surface area contributed by atoms with E-state index >= 15 is 0 Å². The van der Waals surface area contributed by atoms with Crippen LogP contribution in [0.2, 0.25) is 0 Å². The average Bonchev–Trinajstić information content (AvgIpc) is 2.32. The Morgan fingerprint density at radius 1 is 1.44 bits per heavy atom. The summed E-state index contributed by atoms with van der Waals surface area (Å²) < 4.78 is 44.5. The summed E-state index contributed by atoms with van der Waals surface area (Å²) in [4.78, 5) is 0.00755. The van der Waals surface area contributed by atoms with Gasteiger partial charge < -0.3 is 4.74 Å². The highest BCUT2D eigenvalue weighted by atomic mass is 35.5. The Bertz CT molecular complexity index is 519. The lowest BCUT2D eigenvalue weighted by Crippen LogP contribution is -2.27. The van der Waals surface area contributed by atoms with E-state index in [4.69, 9.17) is 16.3 Å². The number of rotatable bonds is 6. The number of aryl methyl sites for hydroxylation is 1. The van der Waals surface area contributed by atoms with Gasteiger partial charge in [0.25, 0.3) is 0 Å². The molecule has 0 saturated heterocycles. The van der Waals surface area contributed by atoms with Crippen molar-refractivity contribution >= 4 is 21.6 Å². The Morgan fingerprint density at radius 2 is 2.11 bits per heavy atom. The number of ether oxygens (including phenoxy) is 1. The zero-order valence-electron chi connectivity index (χ0n) is 10.2. The van der Waals surface area contributed by atoms with Gasteiger partial charge in [-0.2, -0.15) is 0 Å². The summed E-state index contributed by atoms with van der Waals surface area (Å²) in [6.45, 7) is 1.92. The van der Waals surface area contributed by atoms with Gasteiger partial charge in [0.15, 0.2) is 0 Å². The molecule has 0 heterocycles. The molecule has 7 heteroatoms. The largest absolute Gasteiger partial charge is 0.383 e. The molecule has 0 saturated carbocycles. The first-order valence-corrected chi connectivity index (χ1v) is 7.27. The summed E-state index contributed by atoms with van der Waals surface area (Å²) in [5, 5.41) is 0. The highest BCUT2D eigenvalue weighted by Crippen LogP contribution is 2.20. The second-order valence-corrected chi connectivity index (χ2v) is 5.77. The van der Waals surface area contributed by atoms with Gasteiger partial charge in [0, 0.05) is 19.2 Å². The number of benzene rings is 1. The third kappa shape index (κ3) is 3.65. The monoisotopic (exact) mass is 295 g/mol. The molecule has 102 valence electrons. The molecular formula is C11H15ClFNO3S. The Kier molecular flexibility index (Phi) is 5.52. The highest BCUT2D eigenvalue weighted by molar-refractivity contribution is 7.89. The summed E-state index contributed by atoms with van der Waals surface area (Å²) >= 11 is 5.58. The highest BCUT2D eigenvalue weighted by Gasteiger charge is 2.17. The van der Waals surface area contributed by atoms with Gasteiger partial charge in [-0.3, -0.25) is 0 Å². The van der Waals surface area contributed by atoms with Crippen molar-refractivity contribution in [2.75, 3.05) is 20.3 Å². The first-order chi connectivity index (χ1) is 8.42. The van der Waals surface area contributed by atoms with Crippen LogP contribution in [0.4, 0.5) is 4.39 Å². The van der Waals surface area contributed by atoms with Crippen molar-refractivity contribution in [2.45, 2.75) is 17.7 Å². The van der Waals surface area contributed by atoms with Crippen LogP contribution in [-0.4, -0.2) is 28.7 Å². The summed E-state index contributed by atoms with van der Waals surface area (Å²) in [5.41, 5.74) is 0.420. The molecule has 0 amide bonds. The maximum Gasteiger partial charge on any atom is 0.240 e. The third-order valence-corrected chi connectivity index (χ3v) is 4.08. The van der Waals surface area contributed by atoms with Crippen LogP contribution in [0.15, 0.2) is 17.0 Å². The van der Waals surface area contributed by atoms with Crippen LogP contribution in [0, 0.1) is 12.7 Å². The minimum atomic E-state index is -3.66. The van der Waals surface area contributed by atoms with Crippen molar-refractivity contribution in [1.82, 2.24) is 4.72 Å². The number of halogens is 2. The Labute approximate surface area is 111 Å². The normalized spacial score (nSPS) is 11.8. The average molecular weight is 296 g/mol. The smallest absolute Gasteiger partial charge is 0.240 e. The molecule has 0 unspecified atom stereocenters. The van der Waals surface area contributed by atoms with Crippen LogP contribution in [-0.2, 0) is 20.6 Å². The molecule has 4 nitrogen and oxygen atoms in total. The molecule has 1 rings (SSSR count). The van der Waals surface area contributed by atoms with Crippen molar-refractivity contribution in [3.8, 4) is 0 Å². The van der Waals surface area contributed by atoms with Gasteiger partial charge in [-0.25, -0.2) is 17.5 Å². The Balaban J connectivity index is 3.05. The van der Waals surface area contributed by atoms with Crippen LogP contribution in [0.5, 0.6) is 0 Å². The summed E-state index contributed by atoms with van der Waals surface area (Å²) in [7, 11) is -2.19. The fourth-order valence-electron chi connectivity index (χ4n) is 1.42. The van der Waals surface area contributed by atoms with Crippen molar-refractivity contribution in [2.24, 2.45) is 0 Å². The summed E-state index contributed by atoms with van der Waals surface area (Å²) in [6, 6.07) is 2.52. The molecule has 0 spiro atoms. The first kappa shape index (κ1) is 15.4. The van der Waals surface area contributed by atoms with E-state index in [0.29, 0.717) is 0 Å². The molecule has 18 heavy (non-hydrogen) atoms. The quantitative estimate of drug-likeness (QED) is 0.643. The zero-order valence-corrected chi connectivity index (χ0v) is 11.7. The molecule has 1 aromatic rings. The summed E-state index contributed by atoms with van der Waals surface area (Å²) in [5.74, 6) is -0.547. The van der Waals surface area contributed by atoms with Crippen LogP contribution in [0.1, 0.15) is 11.1 Å². The predicted octanol–water partition coefficient (Wildman–Crippen LogP) is 1.80. The van der Waals surface area contributed by atoms with Crippen molar-refractivity contribution < 1.29 is 17.5 Å². The van der Waals surface area contributed by atoms with Gasteiger partial charge in [0.1, 0.15) is 5.82 Å². The van der Waals surface area contributed by atoms with E-state index in [1.165, 1.54) is 26.2 Å². The first-order valence-electron chi connectivity index (χ1n) is 5.26. The van der Waals surface area contributed by atoms with Crippen LogP contribution < -0.4 is 4.72 Å². The van der Waals surface area contributed by atoms with Crippen LogP contribution in [0.3, 0.4) is 0 Å². The van der Waals surface area contributed by atoms with Gasteiger partial charge >= 0.3 is 0 Å². The number of alkyl halides is 1. The number of methoxy groups -OCH3 is 1. The van der Waals surface area contributed by atoms with E-state index < -0.39 is 15.8 Å². The molecule has 0 bridgehead atoms. The van der Waals surface area contributed by atoms with Crippen LogP contribution in [0.25, 0.3) is 0 Å². The van der Waals surface area contributed by atoms with E-state index in [9.17, 15) is 12.8 Å². The second kappa shape index (κ2) is 6.47. The fraction of sp³-hybridized carbons (Fsp3) is 0.455. The van der Waals surface area contributed by atoms with Crippen LogP contribution >= 0.6 is 11.6 Å². The lowest BCUT2D eigenvalue weighted by Gasteiger charge is -2.10. The second-order valence-electron chi connectivity index (χ2n) is 3.74. The van der Waals surface area contributed by atoms with E-state index in [2.05, 4.69) is 4.72 Å². The topological polar surface area (TPSA) is 55.4 Å². The lowest BCUT2D eigenvalue weighted by molar-refractivity contribution is 0.204. The van der Waals surface area contributed by atoms with Gasteiger partial charge in [0.05, 0.1) is 17.4 Å². The standard InChI is InChI=1S/C11H15ClFNO3S/c1-8-5-10(6-9(7-12)11(8)13)18(15,16)14-3-4-17-2/h5-6,14H,3-4,7H2,1-2H3. The molecule has 1 N–H and O–H groups in total. The molecule has 1 aromatic carbocycles. The Hall–Kier alpha value is -0.690. The van der Waals surface area contributed by atoms with Crippen molar-refractivity contribution in [3.05, 3.63) is 29.1 Å². The summed E-state index contributed by atoms with van der Waals surface area (Å²) in [6.07, 6.45) is 0. The number of nitrogens with one attached hydrogen (secondary N) is 1. The van der Waals surface area contributed by atoms with Crippen molar-refractivity contribution in [3.63, 3.8) is 0 Å². The molecule has 0 radical (unpaired) electrons. The van der Waals surface area contributed by atoms with E-state index in [-0.39, 0.29) is 35.1 Å². The number of hydrogen-bond acceptors (Lipinski definition) is 3. The molecule has 0 aliphatic heterocycles. The van der Waals surface area contributed by atoms with Crippen molar-refractivity contribution in [1.29, 1.82) is 0 Å². The lowest BCUT2D eigenvalue weighted by atomic mass is 10.1.